The Morgan fingerprint density at radius 1 is 1.05 bits per heavy atom. The third kappa shape index (κ3) is 5.64. The molecule has 4 aliphatic rings. The SMILES string of the molecule is CC#CCN1C(=O)[C@@H]([C@H](O)C2CCCCC2)NC(=O)C12CCN(CC1=C(C)N(c3ccc(C)cc3)NC1(C)C)CC2. The molecule has 3 N–H and O–H groups in total. The summed E-state index contributed by atoms with van der Waals surface area (Å²) in [7, 11) is 0. The summed E-state index contributed by atoms with van der Waals surface area (Å²) in [5, 5.41) is 16.4. The van der Waals surface area contributed by atoms with Crippen LogP contribution in [0, 0.1) is 24.7 Å². The third-order valence-corrected chi connectivity index (χ3v) is 9.92. The first-order valence-corrected chi connectivity index (χ1v) is 15.3. The number of hydrogen-bond donors (Lipinski definition) is 3. The van der Waals surface area contributed by atoms with E-state index in [-0.39, 0.29) is 29.8 Å². The number of allylic oxidation sites excluding steroid dienone is 1. The molecule has 3 fully saturated rings. The van der Waals surface area contributed by atoms with Crippen LogP contribution in [0.2, 0.25) is 0 Å². The minimum absolute atomic E-state index is 0.0485. The first-order valence-electron chi connectivity index (χ1n) is 15.3. The highest BCUT2D eigenvalue weighted by Crippen LogP contribution is 2.38. The molecule has 0 aromatic heterocycles. The predicted octanol–water partition coefficient (Wildman–Crippen LogP) is 3.50. The monoisotopic (exact) mass is 561 g/mol. The highest BCUT2D eigenvalue weighted by Gasteiger charge is 2.55. The number of piperidine rings is 1. The van der Waals surface area contributed by atoms with Gasteiger partial charge in [-0.3, -0.25) is 19.5 Å². The topological polar surface area (TPSA) is 88.2 Å². The van der Waals surface area contributed by atoms with Gasteiger partial charge < -0.3 is 15.3 Å². The second-order valence-corrected chi connectivity index (χ2v) is 13.0. The predicted molar refractivity (Wildman–Crippen MR) is 162 cm³/mol. The maximum absolute atomic E-state index is 13.9. The number of likely N-dealkylation sites (tertiary alicyclic amines) is 1. The van der Waals surface area contributed by atoms with Crippen LogP contribution in [0.25, 0.3) is 0 Å². The Labute approximate surface area is 245 Å². The van der Waals surface area contributed by atoms with Crippen LogP contribution >= 0.6 is 0 Å². The molecule has 222 valence electrons. The largest absolute Gasteiger partial charge is 0.390 e. The molecule has 0 unspecified atom stereocenters. The maximum atomic E-state index is 13.9. The van der Waals surface area contributed by atoms with Gasteiger partial charge in [-0.15, -0.1) is 5.92 Å². The first-order chi connectivity index (χ1) is 19.6. The molecule has 2 atom stereocenters. The number of carbonyl (C=O) groups excluding carboxylic acids is 2. The standard InChI is InChI=1S/C33H47N5O3/c1-6-7-19-37-30(40)28(29(39)25-11-9-8-10-12-25)34-31(41)33(37)17-20-36(21-18-33)22-27-24(3)38(35-32(27,4)5)26-15-13-23(2)14-16-26/h13-16,25,28-29,35,39H,8-12,17-22H2,1-5H3,(H,34,41)/t28-,29-/m1/s1. The van der Waals surface area contributed by atoms with Crippen LogP contribution in [0.1, 0.15) is 78.2 Å². The maximum Gasteiger partial charge on any atom is 0.249 e. The molecule has 41 heavy (non-hydrogen) atoms. The van der Waals surface area contributed by atoms with Gasteiger partial charge in [-0.25, -0.2) is 5.43 Å². The lowest BCUT2D eigenvalue weighted by atomic mass is 9.78. The Kier molecular flexibility index (Phi) is 8.52. The lowest BCUT2D eigenvalue weighted by molar-refractivity contribution is -0.164. The minimum Gasteiger partial charge on any atom is -0.390 e. The molecule has 3 aliphatic heterocycles. The summed E-state index contributed by atoms with van der Waals surface area (Å²) < 4.78 is 0. The van der Waals surface area contributed by atoms with Crippen molar-refractivity contribution in [2.24, 2.45) is 5.92 Å². The molecule has 2 saturated heterocycles. The number of aryl methyl sites for hydroxylation is 1. The van der Waals surface area contributed by atoms with Gasteiger partial charge >= 0.3 is 0 Å². The quantitative estimate of drug-likeness (QED) is 0.461. The Bertz CT molecular complexity index is 1230. The number of hydrogen-bond acceptors (Lipinski definition) is 6. The van der Waals surface area contributed by atoms with E-state index in [1.54, 1.807) is 11.8 Å². The first kappa shape index (κ1) is 29.6. The van der Waals surface area contributed by atoms with Crippen LogP contribution in [0.5, 0.6) is 0 Å². The zero-order valence-electron chi connectivity index (χ0n) is 25.4. The molecule has 1 aromatic carbocycles. The molecule has 8 nitrogen and oxygen atoms in total. The van der Waals surface area contributed by atoms with Crippen LogP contribution < -0.4 is 15.8 Å². The van der Waals surface area contributed by atoms with Gasteiger partial charge in [0.2, 0.25) is 11.8 Å². The van der Waals surface area contributed by atoms with Crippen molar-refractivity contribution in [3.05, 3.63) is 41.1 Å². The molecule has 1 saturated carbocycles. The molecular formula is C33H47N5O3. The summed E-state index contributed by atoms with van der Waals surface area (Å²) in [4.78, 5) is 31.8. The number of piperazine rings is 1. The van der Waals surface area contributed by atoms with Gasteiger partial charge in [-0.05, 0) is 83.9 Å². The Balaban J connectivity index is 1.31. The lowest BCUT2D eigenvalue weighted by Crippen LogP contribution is -2.75. The van der Waals surface area contributed by atoms with Crippen LogP contribution in [0.4, 0.5) is 5.69 Å². The second kappa shape index (κ2) is 11.8. The van der Waals surface area contributed by atoms with Crippen molar-refractivity contribution < 1.29 is 14.7 Å². The van der Waals surface area contributed by atoms with Crippen molar-refractivity contribution in [2.45, 2.75) is 103 Å². The number of hydrazine groups is 1. The second-order valence-electron chi connectivity index (χ2n) is 13.0. The van der Waals surface area contributed by atoms with Crippen LogP contribution in [-0.4, -0.2) is 76.1 Å². The van der Waals surface area contributed by atoms with E-state index in [4.69, 9.17) is 0 Å². The Hall–Kier alpha value is -2.86. The summed E-state index contributed by atoms with van der Waals surface area (Å²) >= 11 is 0. The summed E-state index contributed by atoms with van der Waals surface area (Å²) in [5.41, 5.74) is 7.40. The van der Waals surface area contributed by atoms with E-state index >= 15 is 0 Å². The summed E-state index contributed by atoms with van der Waals surface area (Å²) in [5.74, 6) is 5.67. The van der Waals surface area contributed by atoms with E-state index in [0.717, 1.165) is 37.9 Å². The van der Waals surface area contributed by atoms with Gasteiger partial charge in [0.25, 0.3) is 0 Å². The number of benzene rings is 1. The number of nitrogens with one attached hydrogen (secondary N) is 2. The Morgan fingerprint density at radius 3 is 2.34 bits per heavy atom. The zero-order valence-corrected chi connectivity index (χ0v) is 25.4. The summed E-state index contributed by atoms with van der Waals surface area (Å²) in [6.07, 6.45) is 5.33. The van der Waals surface area contributed by atoms with E-state index in [2.05, 4.69) is 84.5 Å². The van der Waals surface area contributed by atoms with E-state index in [1.165, 1.54) is 23.3 Å². The van der Waals surface area contributed by atoms with Gasteiger partial charge in [0.15, 0.2) is 0 Å². The van der Waals surface area contributed by atoms with E-state index in [9.17, 15) is 14.7 Å². The van der Waals surface area contributed by atoms with Crippen molar-refractivity contribution >= 4 is 17.5 Å². The molecule has 2 amide bonds. The van der Waals surface area contributed by atoms with Crippen LogP contribution in [-0.2, 0) is 9.59 Å². The van der Waals surface area contributed by atoms with Crippen molar-refractivity contribution in [3.8, 4) is 11.8 Å². The molecule has 1 aliphatic carbocycles. The highest BCUT2D eigenvalue weighted by atomic mass is 16.3. The number of anilines is 1. The van der Waals surface area contributed by atoms with Gasteiger partial charge in [-0.2, -0.15) is 0 Å². The van der Waals surface area contributed by atoms with Gasteiger partial charge in [-0.1, -0.05) is 42.9 Å². The molecule has 0 bridgehead atoms. The zero-order chi connectivity index (χ0) is 29.4. The van der Waals surface area contributed by atoms with Crippen LogP contribution in [0.15, 0.2) is 35.5 Å². The highest BCUT2D eigenvalue weighted by molar-refractivity contribution is 6.00. The van der Waals surface area contributed by atoms with Crippen molar-refractivity contribution in [1.29, 1.82) is 0 Å². The molecule has 1 aromatic rings. The van der Waals surface area contributed by atoms with E-state index in [0.29, 0.717) is 25.9 Å². The van der Waals surface area contributed by atoms with Crippen molar-refractivity contribution in [2.75, 3.05) is 31.2 Å². The number of rotatable bonds is 6. The van der Waals surface area contributed by atoms with E-state index in [1.807, 2.05) is 0 Å². The van der Waals surface area contributed by atoms with Crippen molar-refractivity contribution in [1.82, 2.24) is 20.5 Å². The molecule has 1 spiro atoms. The molecule has 5 rings (SSSR count). The van der Waals surface area contributed by atoms with Gasteiger partial charge in [0.05, 0.1) is 23.9 Å². The normalized spacial score (nSPS) is 25.8. The fourth-order valence-electron chi connectivity index (χ4n) is 7.29. The minimum atomic E-state index is -0.930. The van der Waals surface area contributed by atoms with Gasteiger partial charge in [0, 0.05) is 25.3 Å². The average molecular weight is 562 g/mol. The fourth-order valence-corrected chi connectivity index (χ4v) is 7.29. The number of aliphatic hydroxyl groups is 1. The third-order valence-electron chi connectivity index (χ3n) is 9.92. The van der Waals surface area contributed by atoms with Gasteiger partial charge in [0.1, 0.15) is 11.6 Å². The number of carbonyl (C=O) groups is 2. The summed E-state index contributed by atoms with van der Waals surface area (Å²) in [6.45, 7) is 12.8. The number of amides is 2. The molecule has 0 radical (unpaired) electrons. The fraction of sp³-hybridized carbons (Fsp3) is 0.636. The lowest BCUT2D eigenvalue weighted by Gasteiger charge is -2.52. The molecular weight excluding hydrogens is 514 g/mol. The Morgan fingerprint density at radius 2 is 1.71 bits per heavy atom. The van der Waals surface area contributed by atoms with Crippen molar-refractivity contribution in [3.63, 3.8) is 0 Å². The smallest absolute Gasteiger partial charge is 0.249 e. The van der Waals surface area contributed by atoms with Crippen LogP contribution in [0.3, 0.4) is 0 Å². The molecule has 8 heteroatoms. The molecule has 3 heterocycles. The number of aliphatic hydroxyl groups excluding tert-OH is 1. The average Bonchev–Trinajstić information content (AvgIpc) is 3.20. The number of nitrogens with zero attached hydrogens (tertiary/aromatic N) is 3. The summed E-state index contributed by atoms with van der Waals surface area (Å²) in [6, 6.07) is 7.65. The van der Waals surface area contributed by atoms with E-state index < -0.39 is 17.7 Å².